The summed E-state index contributed by atoms with van der Waals surface area (Å²) in [6.45, 7) is 7.66. The van der Waals surface area contributed by atoms with E-state index >= 15 is 0 Å². The first-order chi connectivity index (χ1) is 28.8. The van der Waals surface area contributed by atoms with Crippen LogP contribution in [0.2, 0.25) is 0 Å². The number of hydrogen-bond donors (Lipinski definition) is 4. The number of amides is 2. The van der Waals surface area contributed by atoms with Gasteiger partial charge in [0.1, 0.15) is 0 Å². The van der Waals surface area contributed by atoms with E-state index in [-0.39, 0.29) is 111 Å². The van der Waals surface area contributed by atoms with Gasteiger partial charge in [-0.1, -0.05) is 123 Å². The van der Waals surface area contributed by atoms with E-state index in [1.807, 2.05) is 109 Å². The SMILES string of the molecule is CCOC(=O)[C@@H](C)C[C@H](Cc1ccc(-c2ccccc2)cc1)NC(=O)CCC(=O)O.CCOC(=O)[C@@H](C)C[C@H](Cc1ccc(-c2ccccc2)cc1)NC(=O)CCC(=O)O.[Ca+2]. The molecular weight excluding hydrogens is 805 g/mol. The minimum absolute atomic E-state index is 0. The monoisotopic (exact) mass is 862 g/mol. The Kier molecular flexibility index (Phi) is 24.3. The summed E-state index contributed by atoms with van der Waals surface area (Å²) in [7, 11) is 0. The van der Waals surface area contributed by atoms with E-state index in [0.29, 0.717) is 38.9 Å². The zero-order valence-electron chi connectivity index (χ0n) is 35.6. The van der Waals surface area contributed by atoms with Crippen LogP contribution in [0.5, 0.6) is 0 Å². The van der Waals surface area contributed by atoms with Gasteiger partial charge in [0.25, 0.3) is 0 Å². The molecule has 0 aliphatic rings. The molecule has 4 N–H and O–H groups in total. The zero-order chi connectivity index (χ0) is 43.9. The van der Waals surface area contributed by atoms with E-state index in [1.165, 1.54) is 0 Å². The van der Waals surface area contributed by atoms with E-state index in [2.05, 4.69) is 10.6 Å². The predicted molar refractivity (Wildman–Crippen MR) is 235 cm³/mol. The fourth-order valence-electron chi connectivity index (χ4n) is 6.54. The number of carbonyl (C=O) groups excluding carboxylic acids is 4. The quantitative estimate of drug-likeness (QED) is 0.0462. The summed E-state index contributed by atoms with van der Waals surface area (Å²) >= 11 is 0. The van der Waals surface area contributed by atoms with Crippen molar-refractivity contribution in [1.82, 2.24) is 10.6 Å². The van der Waals surface area contributed by atoms with Crippen LogP contribution in [0.15, 0.2) is 109 Å². The van der Waals surface area contributed by atoms with Gasteiger partial charge in [0.2, 0.25) is 11.8 Å². The Balaban J connectivity index is 0.000000413. The van der Waals surface area contributed by atoms with E-state index in [1.54, 1.807) is 27.7 Å². The number of carboxylic acid groups (broad SMARTS) is 2. The van der Waals surface area contributed by atoms with Crippen molar-refractivity contribution in [2.24, 2.45) is 11.8 Å². The molecule has 4 rings (SSSR count). The normalized spacial score (nSPS) is 12.4. The summed E-state index contributed by atoms with van der Waals surface area (Å²) in [5.41, 5.74) is 6.49. The number of hydrogen-bond acceptors (Lipinski definition) is 8. The second kappa shape index (κ2) is 28.5. The number of carbonyl (C=O) groups is 6. The van der Waals surface area contributed by atoms with Crippen molar-refractivity contribution in [1.29, 1.82) is 0 Å². The van der Waals surface area contributed by atoms with Crippen LogP contribution in [0.3, 0.4) is 0 Å². The van der Waals surface area contributed by atoms with Gasteiger partial charge in [-0.3, -0.25) is 28.8 Å². The van der Waals surface area contributed by atoms with E-state index < -0.39 is 11.9 Å². The maximum atomic E-state index is 12.2. The molecule has 0 fully saturated rings. The molecule has 0 aromatic heterocycles. The molecule has 0 spiro atoms. The smallest absolute Gasteiger partial charge is 0.481 e. The summed E-state index contributed by atoms with van der Waals surface area (Å²) in [6, 6.07) is 35.6. The third-order valence-electron chi connectivity index (χ3n) is 9.60. The molecule has 4 aromatic rings. The molecule has 13 heteroatoms. The average Bonchev–Trinajstić information content (AvgIpc) is 3.23. The molecule has 0 saturated heterocycles. The Hall–Kier alpha value is -5.04. The van der Waals surface area contributed by atoms with Gasteiger partial charge in [-0.2, -0.15) is 0 Å². The first-order valence-electron chi connectivity index (χ1n) is 20.4. The van der Waals surface area contributed by atoms with E-state index in [9.17, 15) is 28.8 Å². The van der Waals surface area contributed by atoms with Gasteiger partial charge < -0.3 is 30.3 Å². The molecule has 61 heavy (non-hydrogen) atoms. The molecule has 320 valence electrons. The van der Waals surface area contributed by atoms with Gasteiger partial charge in [-0.25, -0.2) is 0 Å². The average molecular weight is 863 g/mol. The van der Waals surface area contributed by atoms with Crippen molar-refractivity contribution in [3.8, 4) is 22.3 Å². The number of aliphatic carboxylic acids is 2. The van der Waals surface area contributed by atoms with Crippen LogP contribution in [0.1, 0.15) is 77.3 Å². The molecule has 0 aliphatic carbocycles. The molecule has 0 heterocycles. The van der Waals surface area contributed by atoms with Crippen molar-refractivity contribution in [3.05, 3.63) is 120 Å². The molecule has 4 aromatic carbocycles. The number of rotatable bonds is 22. The van der Waals surface area contributed by atoms with Crippen LogP contribution < -0.4 is 10.6 Å². The van der Waals surface area contributed by atoms with Crippen molar-refractivity contribution >= 4 is 73.4 Å². The van der Waals surface area contributed by atoms with Crippen molar-refractivity contribution < 1.29 is 48.5 Å². The van der Waals surface area contributed by atoms with Crippen molar-refractivity contribution in [3.63, 3.8) is 0 Å². The molecular formula is C48H58CaN2O10+2. The van der Waals surface area contributed by atoms with Gasteiger partial charge in [0.15, 0.2) is 0 Å². The number of esters is 2. The number of ether oxygens (including phenoxy) is 2. The fourth-order valence-corrected chi connectivity index (χ4v) is 6.54. The van der Waals surface area contributed by atoms with Gasteiger partial charge in [-0.05, 0) is 72.9 Å². The molecule has 0 bridgehead atoms. The Morgan fingerprint density at radius 2 is 0.803 bits per heavy atom. The summed E-state index contributed by atoms with van der Waals surface area (Å²) in [5, 5.41) is 23.3. The molecule has 4 atom stereocenters. The summed E-state index contributed by atoms with van der Waals surface area (Å²) in [5.74, 6) is -4.06. The molecule has 12 nitrogen and oxygen atoms in total. The molecule has 0 saturated carbocycles. The third kappa shape index (κ3) is 20.4. The zero-order valence-corrected chi connectivity index (χ0v) is 37.8. The summed E-state index contributed by atoms with van der Waals surface area (Å²) < 4.78 is 10.1. The topological polar surface area (TPSA) is 185 Å². The van der Waals surface area contributed by atoms with Crippen molar-refractivity contribution in [2.45, 2.75) is 91.1 Å². The van der Waals surface area contributed by atoms with Crippen molar-refractivity contribution in [2.75, 3.05) is 13.2 Å². The Morgan fingerprint density at radius 1 is 0.492 bits per heavy atom. The van der Waals surface area contributed by atoms with Crippen LogP contribution >= 0.6 is 0 Å². The number of nitrogens with one attached hydrogen (secondary N) is 2. The first kappa shape index (κ1) is 52.1. The van der Waals surface area contributed by atoms with E-state index in [4.69, 9.17) is 19.7 Å². The number of carboxylic acids is 2. The van der Waals surface area contributed by atoms with Gasteiger partial charge in [-0.15, -0.1) is 0 Å². The fraction of sp³-hybridized carbons (Fsp3) is 0.375. The Labute approximate surface area is 388 Å². The predicted octanol–water partition coefficient (Wildman–Crippen LogP) is 7.29. The first-order valence-corrected chi connectivity index (χ1v) is 20.4. The minimum Gasteiger partial charge on any atom is -0.481 e. The molecule has 0 unspecified atom stereocenters. The summed E-state index contributed by atoms with van der Waals surface area (Å²) in [4.78, 5) is 69.8. The maximum absolute atomic E-state index is 12.2. The van der Waals surface area contributed by atoms with Crippen LogP contribution in [-0.2, 0) is 51.1 Å². The van der Waals surface area contributed by atoms with Gasteiger partial charge in [0, 0.05) is 24.9 Å². The second-order valence-corrected chi connectivity index (χ2v) is 14.6. The van der Waals surface area contributed by atoms with Crippen LogP contribution in [-0.4, -0.2) is 109 Å². The van der Waals surface area contributed by atoms with Gasteiger partial charge in [0.05, 0.1) is 37.9 Å². The number of benzene rings is 4. The second-order valence-electron chi connectivity index (χ2n) is 14.6. The Morgan fingerprint density at radius 3 is 1.10 bits per heavy atom. The van der Waals surface area contributed by atoms with Crippen LogP contribution in [0, 0.1) is 11.8 Å². The van der Waals surface area contributed by atoms with E-state index in [0.717, 1.165) is 33.4 Å². The van der Waals surface area contributed by atoms with Crippen LogP contribution in [0.25, 0.3) is 22.3 Å². The van der Waals surface area contributed by atoms with Crippen LogP contribution in [0.4, 0.5) is 0 Å². The van der Waals surface area contributed by atoms with Gasteiger partial charge >= 0.3 is 61.6 Å². The largest absolute Gasteiger partial charge is 2.00 e. The molecule has 0 radical (unpaired) electrons. The standard InChI is InChI=1S/2C24H29NO5.Ca/c2*1-3-30-24(29)17(2)15-21(25-22(26)13-14-23(27)28)16-18-9-11-20(12-10-18)19-7-5-4-6-8-19;/h2*4-12,17,21H,3,13-16H2,1-2H3,(H,25,26)(H,27,28);/q;;+2/t2*17-,21+;/m00./s1. The summed E-state index contributed by atoms with van der Waals surface area (Å²) in [6.07, 6.45) is 1.28. The maximum Gasteiger partial charge on any atom is 2.00 e. The molecule has 2 amide bonds. The molecule has 0 aliphatic heterocycles. The Bertz CT molecular complexity index is 1820. The minimum atomic E-state index is -1.02. The third-order valence-corrected chi connectivity index (χ3v) is 9.60.